The van der Waals surface area contributed by atoms with Crippen molar-refractivity contribution < 1.29 is 13.2 Å². The van der Waals surface area contributed by atoms with E-state index in [1.54, 1.807) is 0 Å². The first-order chi connectivity index (χ1) is 9.36. The Balaban J connectivity index is 2.85. The van der Waals surface area contributed by atoms with Gasteiger partial charge in [-0.15, -0.1) is 0 Å². The molecule has 9 heteroatoms. The second kappa shape index (κ2) is 7.55. The molecular formula is C11H17BrN4O3S. The second-order valence-corrected chi connectivity index (χ2v) is 6.65. The van der Waals surface area contributed by atoms with Gasteiger partial charge in [-0.25, -0.2) is 18.1 Å². The van der Waals surface area contributed by atoms with Crippen LogP contribution in [-0.2, 0) is 14.8 Å². The summed E-state index contributed by atoms with van der Waals surface area (Å²) in [5, 5.41) is 2.89. The van der Waals surface area contributed by atoms with E-state index in [-0.39, 0.29) is 23.7 Å². The standard InChI is InChI=1S/C11H17BrN4O3S/c1-2-14-11-9(6-8(12)7-15-11)20(18,19)16-5-3-4-10(13)17/h6-7,16H,2-5H2,1H3,(H2,13,17)(H,14,15). The van der Waals surface area contributed by atoms with Crippen LogP contribution in [0, 0.1) is 0 Å². The Bertz CT molecular complexity index is 577. The highest BCUT2D eigenvalue weighted by molar-refractivity contribution is 9.10. The van der Waals surface area contributed by atoms with Gasteiger partial charge in [-0.1, -0.05) is 0 Å². The largest absolute Gasteiger partial charge is 0.370 e. The molecule has 0 bridgehead atoms. The molecule has 0 saturated heterocycles. The lowest BCUT2D eigenvalue weighted by molar-refractivity contribution is -0.118. The molecular weight excluding hydrogens is 348 g/mol. The summed E-state index contributed by atoms with van der Waals surface area (Å²) in [7, 11) is -3.69. The average molecular weight is 365 g/mol. The number of nitrogens with zero attached hydrogens (tertiary/aromatic N) is 1. The SMILES string of the molecule is CCNc1ncc(Br)cc1S(=O)(=O)NCCCC(N)=O. The van der Waals surface area contributed by atoms with Crippen LogP contribution in [0.2, 0.25) is 0 Å². The van der Waals surface area contributed by atoms with Gasteiger partial charge in [-0.3, -0.25) is 4.79 Å². The number of pyridine rings is 1. The molecule has 0 spiro atoms. The van der Waals surface area contributed by atoms with Crippen LogP contribution in [0.5, 0.6) is 0 Å². The third-order valence-corrected chi connectivity index (χ3v) is 4.25. The summed E-state index contributed by atoms with van der Waals surface area (Å²) in [6, 6.07) is 1.47. The predicted molar refractivity (Wildman–Crippen MR) is 79.7 cm³/mol. The van der Waals surface area contributed by atoms with Gasteiger partial charge in [0.1, 0.15) is 10.7 Å². The fourth-order valence-electron chi connectivity index (χ4n) is 1.47. The van der Waals surface area contributed by atoms with Crippen LogP contribution < -0.4 is 15.8 Å². The van der Waals surface area contributed by atoms with E-state index in [2.05, 4.69) is 31.0 Å². The van der Waals surface area contributed by atoms with Crippen LogP contribution in [0.25, 0.3) is 0 Å². The van der Waals surface area contributed by atoms with Crippen LogP contribution in [0.4, 0.5) is 5.82 Å². The minimum absolute atomic E-state index is 0.0628. The number of amides is 1. The monoisotopic (exact) mass is 364 g/mol. The number of anilines is 1. The van der Waals surface area contributed by atoms with E-state index in [4.69, 9.17) is 5.73 Å². The van der Waals surface area contributed by atoms with Crippen LogP contribution in [0.1, 0.15) is 19.8 Å². The number of aromatic nitrogens is 1. The lowest BCUT2D eigenvalue weighted by atomic mass is 10.3. The van der Waals surface area contributed by atoms with Gasteiger partial charge in [0.05, 0.1) is 0 Å². The summed E-state index contributed by atoms with van der Waals surface area (Å²) in [5.41, 5.74) is 4.99. The van der Waals surface area contributed by atoms with Crippen LogP contribution in [-0.4, -0.2) is 32.4 Å². The molecule has 1 aromatic heterocycles. The van der Waals surface area contributed by atoms with Crippen molar-refractivity contribution in [1.82, 2.24) is 9.71 Å². The summed E-state index contributed by atoms with van der Waals surface area (Å²) < 4.78 is 27.4. The van der Waals surface area contributed by atoms with Crippen molar-refractivity contribution >= 4 is 37.7 Å². The zero-order valence-electron chi connectivity index (χ0n) is 11.0. The van der Waals surface area contributed by atoms with Crippen molar-refractivity contribution in [3.63, 3.8) is 0 Å². The minimum Gasteiger partial charge on any atom is -0.370 e. The number of hydrogen-bond donors (Lipinski definition) is 3. The molecule has 4 N–H and O–H groups in total. The predicted octanol–water partition coefficient (Wildman–Crippen LogP) is 0.820. The minimum atomic E-state index is -3.69. The molecule has 20 heavy (non-hydrogen) atoms. The van der Waals surface area contributed by atoms with Gasteiger partial charge in [0, 0.05) is 30.2 Å². The Labute approximate surface area is 126 Å². The maximum absolute atomic E-state index is 12.2. The van der Waals surface area contributed by atoms with Crippen molar-refractivity contribution in [2.24, 2.45) is 5.73 Å². The summed E-state index contributed by atoms with van der Waals surface area (Å²) in [5.74, 6) is -0.167. The van der Waals surface area contributed by atoms with Gasteiger partial charge in [0.25, 0.3) is 0 Å². The van der Waals surface area contributed by atoms with Crippen LogP contribution in [0.15, 0.2) is 21.6 Å². The van der Waals surface area contributed by atoms with Crippen molar-refractivity contribution in [1.29, 1.82) is 0 Å². The molecule has 0 unspecified atom stereocenters. The fourth-order valence-corrected chi connectivity index (χ4v) is 3.19. The highest BCUT2D eigenvalue weighted by Gasteiger charge is 2.19. The maximum atomic E-state index is 12.2. The number of primary amides is 1. The number of nitrogens with one attached hydrogen (secondary N) is 2. The van der Waals surface area contributed by atoms with E-state index in [0.29, 0.717) is 17.4 Å². The molecule has 0 aliphatic heterocycles. The first-order valence-corrected chi connectivity index (χ1v) is 8.32. The normalized spacial score (nSPS) is 11.3. The number of rotatable bonds is 8. The van der Waals surface area contributed by atoms with Gasteiger partial charge >= 0.3 is 0 Å². The van der Waals surface area contributed by atoms with Gasteiger partial charge in [-0.05, 0) is 35.3 Å². The highest BCUT2D eigenvalue weighted by Crippen LogP contribution is 2.22. The topological polar surface area (TPSA) is 114 Å². The quantitative estimate of drug-likeness (QED) is 0.590. The summed E-state index contributed by atoms with van der Waals surface area (Å²) in [6.07, 6.45) is 2.01. The summed E-state index contributed by atoms with van der Waals surface area (Å²) in [4.78, 5) is 14.7. The molecule has 0 radical (unpaired) electrons. The average Bonchev–Trinajstić information content (AvgIpc) is 2.37. The van der Waals surface area contributed by atoms with E-state index in [0.717, 1.165) is 0 Å². The Morgan fingerprint density at radius 2 is 2.20 bits per heavy atom. The Kier molecular flexibility index (Phi) is 6.37. The van der Waals surface area contributed by atoms with Gasteiger partial charge in [-0.2, -0.15) is 0 Å². The summed E-state index contributed by atoms with van der Waals surface area (Å²) >= 11 is 3.20. The molecule has 0 aliphatic rings. The molecule has 1 heterocycles. The Morgan fingerprint density at radius 1 is 1.50 bits per heavy atom. The number of halogens is 1. The highest BCUT2D eigenvalue weighted by atomic mass is 79.9. The third kappa shape index (κ3) is 5.06. The molecule has 0 aromatic carbocycles. The number of carbonyl (C=O) groups is 1. The molecule has 112 valence electrons. The van der Waals surface area contributed by atoms with E-state index in [1.807, 2.05) is 6.92 Å². The second-order valence-electron chi connectivity index (χ2n) is 4.00. The molecule has 1 amide bonds. The van der Waals surface area contributed by atoms with Crippen molar-refractivity contribution in [3.8, 4) is 0 Å². The van der Waals surface area contributed by atoms with Gasteiger partial charge in [0.2, 0.25) is 15.9 Å². The Hall–Kier alpha value is -1.19. The molecule has 1 rings (SSSR count). The lowest BCUT2D eigenvalue weighted by Crippen LogP contribution is -2.27. The van der Waals surface area contributed by atoms with E-state index < -0.39 is 15.9 Å². The molecule has 0 aliphatic carbocycles. The zero-order chi connectivity index (χ0) is 15.2. The number of sulfonamides is 1. The van der Waals surface area contributed by atoms with Crippen molar-refractivity contribution in [2.75, 3.05) is 18.4 Å². The summed E-state index contributed by atoms with van der Waals surface area (Å²) in [6.45, 7) is 2.54. The first-order valence-electron chi connectivity index (χ1n) is 6.04. The van der Waals surface area contributed by atoms with Crippen LogP contribution >= 0.6 is 15.9 Å². The molecule has 1 aromatic rings. The molecule has 0 fully saturated rings. The fraction of sp³-hybridized carbons (Fsp3) is 0.455. The molecule has 0 saturated carbocycles. The van der Waals surface area contributed by atoms with E-state index >= 15 is 0 Å². The Morgan fingerprint density at radius 3 is 2.80 bits per heavy atom. The molecule has 7 nitrogen and oxygen atoms in total. The number of carbonyl (C=O) groups excluding carboxylic acids is 1. The smallest absolute Gasteiger partial charge is 0.244 e. The van der Waals surface area contributed by atoms with E-state index in [9.17, 15) is 13.2 Å². The number of nitrogens with two attached hydrogens (primary N) is 1. The van der Waals surface area contributed by atoms with E-state index in [1.165, 1.54) is 12.3 Å². The van der Waals surface area contributed by atoms with Gasteiger partial charge < -0.3 is 11.1 Å². The lowest BCUT2D eigenvalue weighted by Gasteiger charge is -2.11. The number of hydrogen-bond acceptors (Lipinski definition) is 5. The maximum Gasteiger partial charge on any atom is 0.244 e. The van der Waals surface area contributed by atoms with Crippen molar-refractivity contribution in [3.05, 3.63) is 16.7 Å². The first kappa shape index (κ1) is 16.9. The molecule has 0 atom stereocenters. The third-order valence-electron chi connectivity index (χ3n) is 2.35. The van der Waals surface area contributed by atoms with Crippen molar-refractivity contribution in [2.45, 2.75) is 24.7 Å². The van der Waals surface area contributed by atoms with Crippen LogP contribution in [0.3, 0.4) is 0 Å². The zero-order valence-corrected chi connectivity index (χ0v) is 13.4. The van der Waals surface area contributed by atoms with Gasteiger partial charge in [0.15, 0.2) is 0 Å².